The molecule has 0 fully saturated rings. The standard InChI is InChI=1S/C13H8BrClN2O2S2/c14-11-5-6-12(20-11)21(18,19)17-10-4-3-9(15)8-2-1-7-16-13(8)10/h1-7,17H. The van der Waals surface area contributed by atoms with Crippen LogP contribution in [0.4, 0.5) is 5.69 Å². The van der Waals surface area contributed by atoms with Gasteiger partial charge in [-0.3, -0.25) is 9.71 Å². The molecular formula is C13H8BrClN2O2S2. The van der Waals surface area contributed by atoms with Crippen LogP contribution in [-0.2, 0) is 10.0 Å². The van der Waals surface area contributed by atoms with Crippen molar-refractivity contribution in [3.63, 3.8) is 0 Å². The molecule has 0 aliphatic carbocycles. The zero-order valence-electron chi connectivity index (χ0n) is 10.4. The Bertz CT molecular complexity index is 925. The fraction of sp³-hybridized carbons (Fsp3) is 0. The van der Waals surface area contributed by atoms with E-state index in [0.29, 0.717) is 21.6 Å². The molecule has 0 bridgehead atoms. The highest BCUT2D eigenvalue weighted by atomic mass is 79.9. The molecule has 2 aromatic heterocycles. The highest BCUT2D eigenvalue weighted by Gasteiger charge is 2.18. The summed E-state index contributed by atoms with van der Waals surface area (Å²) in [7, 11) is -3.64. The number of hydrogen-bond acceptors (Lipinski definition) is 4. The summed E-state index contributed by atoms with van der Waals surface area (Å²) in [5.74, 6) is 0. The van der Waals surface area contributed by atoms with Crippen molar-refractivity contribution in [2.24, 2.45) is 0 Å². The first kappa shape index (κ1) is 14.8. The van der Waals surface area contributed by atoms with E-state index in [0.717, 1.165) is 15.1 Å². The van der Waals surface area contributed by atoms with Crippen LogP contribution in [0.2, 0.25) is 5.02 Å². The predicted octanol–water partition coefficient (Wildman–Crippen LogP) is 4.51. The molecule has 108 valence electrons. The van der Waals surface area contributed by atoms with Gasteiger partial charge in [0.05, 0.1) is 20.0 Å². The van der Waals surface area contributed by atoms with Gasteiger partial charge in [0.2, 0.25) is 0 Å². The van der Waals surface area contributed by atoms with E-state index in [-0.39, 0.29) is 4.21 Å². The molecule has 0 atom stereocenters. The molecule has 0 aliphatic heterocycles. The number of thiophene rings is 1. The van der Waals surface area contributed by atoms with Gasteiger partial charge in [-0.05, 0) is 52.3 Å². The highest BCUT2D eigenvalue weighted by Crippen LogP contribution is 2.31. The van der Waals surface area contributed by atoms with E-state index in [2.05, 4.69) is 25.6 Å². The number of anilines is 1. The number of aromatic nitrogens is 1. The lowest BCUT2D eigenvalue weighted by molar-refractivity contribution is 0.603. The Morgan fingerprint density at radius 1 is 1.19 bits per heavy atom. The lowest BCUT2D eigenvalue weighted by Gasteiger charge is -2.09. The smallest absolute Gasteiger partial charge is 0.271 e. The second-order valence-electron chi connectivity index (χ2n) is 4.16. The number of pyridine rings is 1. The Hall–Kier alpha value is -1.15. The van der Waals surface area contributed by atoms with E-state index >= 15 is 0 Å². The summed E-state index contributed by atoms with van der Waals surface area (Å²) >= 11 is 10.5. The first-order valence-corrected chi connectivity index (χ1v) is 9.26. The summed E-state index contributed by atoms with van der Waals surface area (Å²) in [6.07, 6.45) is 1.60. The van der Waals surface area contributed by atoms with E-state index < -0.39 is 10.0 Å². The lowest BCUT2D eigenvalue weighted by atomic mass is 10.2. The maximum absolute atomic E-state index is 12.4. The molecule has 21 heavy (non-hydrogen) atoms. The first-order valence-electron chi connectivity index (χ1n) is 5.79. The largest absolute Gasteiger partial charge is 0.277 e. The van der Waals surface area contributed by atoms with E-state index in [4.69, 9.17) is 11.6 Å². The number of hydrogen-bond donors (Lipinski definition) is 1. The summed E-state index contributed by atoms with van der Waals surface area (Å²) < 4.78 is 28.3. The third-order valence-corrected chi connectivity index (χ3v) is 6.58. The normalized spacial score (nSPS) is 11.7. The van der Waals surface area contributed by atoms with Gasteiger partial charge < -0.3 is 0 Å². The first-order chi connectivity index (χ1) is 9.97. The van der Waals surface area contributed by atoms with Gasteiger partial charge in [0.1, 0.15) is 4.21 Å². The zero-order valence-corrected chi connectivity index (χ0v) is 14.4. The number of nitrogens with one attached hydrogen (secondary N) is 1. The molecule has 0 unspecified atom stereocenters. The van der Waals surface area contributed by atoms with Crippen LogP contribution in [0.15, 0.2) is 50.6 Å². The van der Waals surface area contributed by atoms with Gasteiger partial charge >= 0.3 is 0 Å². The van der Waals surface area contributed by atoms with Gasteiger partial charge in [-0.15, -0.1) is 11.3 Å². The van der Waals surface area contributed by atoms with Crippen molar-refractivity contribution in [1.29, 1.82) is 0 Å². The minimum atomic E-state index is -3.64. The summed E-state index contributed by atoms with van der Waals surface area (Å²) in [5, 5.41) is 1.23. The monoisotopic (exact) mass is 402 g/mol. The number of rotatable bonds is 3. The average Bonchev–Trinajstić information content (AvgIpc) is 2.90. The van der Waals surface area contributed by atoms with Gasteiger partial charge in [0, 0.05) is 11.6 Å². The maximum atomic E-state index is 12.4. The van der Waals surface area contributed by atoms with Gasteiger partial charge in [-0.25, -0.2) is 8.42 Å². The van der Waals surface area contributed by atoms with E-state index in [1.165, 1.54) is 0 Å². The van der Waals surface area contributed by atoms with Crippen LogP contribution in [0.5, 0.6) is 0 Å². The van der Waals surface area contributed by atoms with Crippen LogP contribution < -0.4 is 4.72 Å². The molecule has 2 heterocycles. The Morgan fingerprint density at radius 2 is 2.00 bits per heavy atom. The quantitative estimate of drug-likeness (QED) is 0.700. The van der Waals surface area contributed by atoms with Gasteiger partial charge in [-0.2, -0.15) is 0 Å². The van der Waals surface area contributed by atoms with Crippen molar-refractivity contribution in [3.05, 3.63) is 51.4 Å². The molecule has 1 N–H and O–H groups in total. The third-order valence-electron chi connectivity index (χ3n) is 2.77. The van der Waals surface area contributed by atoms with Crippen molar-refractivity contribution in [2.75, 3.05) is 4.72 Å². The van der Waals surface area contributed by atoms with Crippen molar-refractivity contribution in [2.45, 2.75) is 4.21 Å². The van der Waals surface area contributed by atoms with E-state index in [1.54, 1.807) is 42.6 Å². The molecule has 1 aromatic carbocycles. The van der Waals surface area contributed by atoms with Crippen LogP contribution in [0, 0.1) is 0 Å². The van der Waals surface area contributed by atoms with Crippen molar-refractivity contribution < 1.29 is 8.42 Å². The Labute approximate surface area is 139 Å². The highest BCUT2D eigenvalue weighted by molar-refractivity contribution is 9.11. The number of halogens is 2. The summed E-state index contributed by atoms with van der Waals surface area (Å²) in [5.41, 5.74) is 0.920. The van der Waals surface area contributed by atoms with Crippen LogP contribution >= 0.6 is 38.9 Å². The Balaban J connectivity index is 2.08. The summed E-state index contributed by atoms with van der Waals surface area (Å²) in [6.45, 7) is 0. The average molecular weight is 404 g/mol. The molecule has 0 spiro atoms. The SMILES string of the molecule is O=S(=O)(Nc1ccc(Cl)c2cccnc12)c1ccc(Br)s1. The number of benzene rings is 1. The molecule has 8 heteroatoms. The molecule has 3 rings (SSSR count). The maximum Gasteiger partial charge on any atom is 0.271 e. The minimum absolute atomic E-state index is 0.230. The minimum Gasteiger partial charge on any atom is -0.277 e. The lowest BCUT2D eigenvalue weighted by Crippen LogP contribution is -2.12. The van der Waals surface area contributed by atoms with Crippen molar-refractivity contribution in [3.8, 4) is 0 Å². The molecule has 3 aromatic rings. The third kappa shape index (κ3) is 2.91. The van der Waals surface area contributed by atoms with E-state index in [1.807, 2.05) is 0 Å². The number of sulfonamides is 1. The van der Waals surface area contributed by atoms with E-state index in [9.17, 15) is 8.42 Å². The van der Waals surface area contributed by atoms with Crippen molar-refractivity contribution in [1.82, 2.24) is 4.98 Å². The molecule has 0 saturated carbocycles. The van der Waals surface area contributed by atoms with Crippen LogP contribution in [0.1, 0.15) is 0 Å². The van der Waals surface area contributed by atoms with Gasteiger partial charge in [-0.1, -0.05) is 11.6 Å². The number of fused-ring (bicyclic) bond motifs is 1. The fourth-order valence-electron chi connectivity index (χ4n) is 1.86. The molecule has 0 aliphatic rings. The molecule has 4 nitrogen and oxygen atoms in total. The Kier molecular flexibility index (Phi) is 3.92. The van der Waals surface area contributed by atoms with Gasteiger partial charge in [0.15, 0.2) is 0 Å². The second kappa shape index (κ2) is 5.57. The second-order valence-corrected chi connectivity index (χ2v) is 8.94. The van der Waals surface area contributed by atoms with Crippen LogP contribution in [-0.4, -0.2) is 13.4 Å². The predicted molar refractivity (Wildman–Crippen MR) is 89.6 cm³/mol. The molecule has 0 amide bonds. The fourth-order valence-corrected chi connectivity index (χ4v) is 5.15. The number of nitrogens with zero attached hydrogens (tertiary/aromatic N) is 1. The molecule has 0 radical (unpaired) electrons. The topological polar surface area (TPSA) is 59.1 Å². The summed E-state index contributed by atoms with van der Waals surface area (Å²) in [6, 6.07) is 10.0. The summed E-state index contributed by atoms with van der Waals surface area (Å²) in [4.78, 5) is 4.21. The Morgan fingerprint density at radius 3 is 2.71 bits per heavy atom. The van der Waals surface area contributed by atoms with Gasteiger partial charge in [0.25, 0.3) is 10.0 Å². The van der Waals surface area contributed by atoms with Crippen LogP contribution in [0.25, 0.3) is 10.9 Å². The zero-order chi connectivity index (χ0) is 15.0. The van der Waals surface area contributed by atoms with Crippen LogP contribution in [0.3, 0.4) is 0 Å². The molecular weight excluding hydrogens is 396 g/mol. The van der Waals surface area contributed by atoms with Crippen molar-refractivity contribution >= 4 is 65.5 Å². The molecule has 0 saturated heterocycles.